The molecule has 1 atom stereocenters. The Bertz CT molecular complexity index is 2000. The first-order valence-corrected chi connectivity index (χ1v) is 13.9. The Kier molecular flexibility index (Phi) is 7.62. The second kappa shape index (κ2) is 11.7. The first kappa shape index (κ1) is 28.7. The minimum atomic E-state index is -0.866. The van der Waals surface area contributed by atoms with Crippen molar-refractivity contribution in [3.8, 4) is 11.1 Å². The molecule has 1 aliphatic heterocycles. The smallest absolute Gasteiger partial charge is 0.302 e. The molecule has 5 aromatic rings. The zero-order chi connectivity index (χ0) is 31.0. The summed E-state index contributed by atoms with van der Waals surface area (Å²) in [6, 6.07) is 15.7. The summed E-state index contributed by atoms with van der Waals surface area (Å²) in [5.74, 6) is -0.660. The maximum Gasteiger partial charge on any atom is 0.302 e. The molecule has 0 radical (unpaired) electrons. The molecule has 4 heterocycles. The Labute approximate surface area is 256 Å². The van der Waals surface area contributed by atoms with Gasteiger partial charge in [0.1, 0.15) is 23.2 Å². The van der Waals surface area contributed by atoms with Crippen LogP contribution in [-0.4, -0.2) is 32.6 Å². The summed E-state index contributed by atoms with van der Waals surface area (Å²) in [6.07, 6.45) is 3.22. The highest BCUT2D eigenvalue weighted by Gasteiger charge is 2.31. The molecule has 6 rings (SSSR count). The molecule has 12 heteroatoms. The van der Waals surface area contributed by atoms with Gasteiger partial charge in [-0.05, 0) is 62.7 Å². The van der Waals surface area contributed by atoms with E-state index in [0.29, 0.717) is 27.4 Å². The number of carbonyl (C=O) groups is 2. The molecule has 3 N–H and O–H groups in total. The fraction of sp³-hybridized carbons (Fsp3) is 0.125. The van der Waals surface area contributed by atoms with Crippen molar-refractivity contribution in [1.29, 1.82) is 0 Å². The number of hydrogen-bond acceptors (Lipinski definition) is 9. The van der Waals surface area contributed by atoms with E-state index in [0.717, 1.165) is 16.8 Å². The number of Topliss-reactive ketones (excluding diaryl/α,β-unsaturated/α-hetero) is 1. The van der Waals surface area contributed by atoms with Crippen LogP contribution in [0.2, 0.25) is 5.02 Å². The number of carbonyl (C=O) groups excluding carboxylic acids is 2. The van der Waals surface area contributed by atoms with E-state index in [-0.39, 0.29) is 34.7 Å². The lowest BCUT2D eigenvalue weighted by molar-refractivity contribution is -0.113. The molecule has 2 aromatic carbocycles. The van der Waals surface area contributed by atoms with Gasteiger partial charge in [0.25, 0.3) is 5.91 Å². The highest BCUT2D eigenvalue weighted by molar-refractivity contribution is 6.32. The van der Waals surface area contributed by atoms with Crippen LogP contribution in [0.5, 0.6) is 0 Å². The number of rotatable bonds is 6. The minimum absolute atomic E-state index is 0.0786. The number of pyridine rings is 2. The van der Waals surface area contributed by atoms with E-state index in [1.807, 2.05) is 31.2 Å². The maximum atomic E-state index is 13.7. The molecule has 0 aliphatic carbocycles. The zero-order valence-electron chi connectivity index (χ0n) is 23.8. The second-order valence-electron chi connectivity index (χ2n) is 10.2. The number of nitrogens with zero attached hydrogens (tertiary/aromatic N) is 4. The van der Waals surface area contributed by atoms with Crippen molar-refractivity contribution in [3.05, 3.63) is 112 Å². The monoisotopic (exact) mass is 609 g/mol. The summed E-state index contributed by atoms with van der Waals surface area (Å²) in [5, 5.41) is 9.23. The van der Waals surface area contributed by atoms with Crippen LogP contribution in [0.3, 0.4) is 0 Å². The average molecular weight is 610 g/mol. The topological polar surface area (TPSA) is 134 Å². The molecule has 0 bridgehead atoms. The first-order valence-electron chi connectivity index (χ1n) is 13.5. The third kappa shape index (κ3) is 5.90. The van der Waals surface area contributed by atoms with Crippen molar-refractivity contribution in [2.75, 3.05) is 10.6 Å². The van der Waals surface area contributed by atoms with Crippen LogP contribution in [-0.2, 0) is 4.79 Å². The molecule has 220 valence electrons. The molecule has 0 saturated heterocycles. The summed E-state index contributed by atoms with van der Waals surface area (Å²) >= 11 is 6.85. The molecule has 1 aliphatic rings. The molecule has 0 spiro atoms. The fourth-order valence-electron chi connectivity index (χ4n) is 4.78. The lowest BCUT2D eigenvalue weighted by Gasteiger charge is -2.27. The number of guanidine groups is 1. The quantitative estimate of drug-likeness (QED) is 0.183. The number of halogens is 2. The standard InChI is InChI=1S/C32H25ClFN7O3/c1-16-4-5-21(15-36-16)20-6-8-23(24(33)12-20)29-28(30(43)39-27-13-19(18(3)42)10-11-35-27)17(2)37-31(40-29)41-32-38-25-9-7-22(34)14-26(25)44-32/h4-15,29H,1-3H3,(H,35,39,43)(H2,37,38,40,41). The van der Waals surface area contributed by atoms with Crippen LogP contribution < -0.4 is 16.0 Å². The number of nitrogens with one attached hydrogen (secondary N) is 3. The van der Waals surface area contributed by atoms with Gasteiger partial charge in [0.2, 0.25) is 5.96 Å². The summed E-state index contributed by atoms with van der Waals surface area (Å²) in [4.78, 5) is 43.3. The fourth-order valence-corrected chi connectivity index (χ4v) is 5.06. The largest absolute Gasteiger partial charge is 0.423 e. The van der Waals surface area contributed by atoms with Gasteiger partial charge < -0.3 is 15.1 Å². The highest BCUT2D eigenvalue weighted by Crippen LogP contribution is 2.37. The van der Waals surface area contributed by atoms with Crippen molar-refractivity contribution < 1.29 is 18.4 Å². The van der Waals surface area contributed by atoms with E-state index in [1.165, 1.54) is 37.4 Å². The van der Waals surface area contributed by atoms with Gasteiger partial charge in [-0.1, -0.05) is 29.8 Å². The number of aryl methyl sites for hydroxylation is 1. The number of oxazole rings is 1. The first-order chi connectivity index (χ1) is 21.1. The van der Waals surface area contributed by atoms with Crippen LogP contribution in [0.1, 0.15) is 41.5 Å². The number of aromatic nitrogens is 3. The van der Waals surface area contributed by atoms with Crippen molar-refractivity contribution in [2.45, 2.75) is 26.8 Å². The molecule has 1 amide bonds. The molecule has 44 heavy (non-hydrogen) atoms. The van der Waals surface area contributed by atoms with E-state index in [2.05, 4.69) is 30.9 Å². The third-order valence-electron chi connectivity index (χ3n) is 7.01. The summed E-state index contributed by atoms with van der Waals surface area (Å²) < 4.78 is 19.4. The predicted octanol–water partition coefficient (Wildman–Crippen LogP) is 6.61. The Morgan fingerprint density at radius 3 is 2.57 bits per heavy atom. The molecule has 10 nitrogen and oxygen atoms in total. The molecule has 3 aromatic heterocycles. The van der Waals surface area contributed by atoms with E-state index in [9.17, 15) is 14.0 Å². The summed E-state index contributed by atoms with van der Waals surface area (Å²) in [7, 11) is 0. The van der Waals surface area contributed by atoms with Gasteiger partial charge in [-0.3, -0.25) is 19.9 Å². The lowest BCUT2D eigenvalue weighted by atomic mass is 9.94. The van der Waals surface area contributed by atoms with E-state index in [1.54, 1.807) is 25.3 Å². The van der Waals surface area contributed by atoms with E-state index in [4.69, 9.17) is 21.0 Å². The van der Waals surface area contributed by atoms with E-state index >= 15 is 0 Å². The predicted molar refractivity (Wildman–Crippen MR) is 166 cm³/mol. The Hall–Kier alpha value is -5.42. The Balaban J connectivity index is 1.37. The second-order valence-corrected chi connectivity index (χ2v) is 10.6. The zero-order valence-corrected chi connectivity index (χ0v) is 24.5. The van der Waals surface area contributed by atoms with Crippen LogP contribution in [0.4, 0.5) is 16.2 Å². The molecule has 0 fully saturated rings. The van der Waals surface area contributed by atoms with Gasteiger partial charge in [-0.15, -0.1) is 0 Å². The Morgan fingerprint density at radius 2 is 1.82 bits per heavy atom. The average Bonchev–Trinajstić information content (AvgIpc) is 3.38. The third-order valence-corrected chi connectivity index (χ3v) is 7.34. The summed E-state index contributed by atoms with van der Waals surface area (Å²) in [5.41, 5.74) is 5.05. The number of allylic oxidation sites excluding steroid dienone is 1. The van der Waals surface area contributed by atoms with Crippen molar-refractivity contribution in [1.82, 2.24) is 20.3 Å². The van der Waals surface area contributed by atoms with Gasteiger partial charge >= 0.3 is 6.01 Å². The number of benzene rings is 2. The van der Waals surface area contributed by atoms with Gasteiger partial charge in [0, 0.05) is 51.6 Å². The number of ketones is 1. The number of fused-ring (bicyclic) bond motifs is 1. The van der Waals surface area contributed by atoms with Crippen LogP contribution in [0, 0.1) is 12.7 Å². The SMILES string of the molecule is CC(=O)c1ccnc(NC(=O)C2=C(C)NC(Nc3nc4ccc(F)cc4o3)=NC2c2ccc(-c3ccc(C)nc3)cc2Cl)c1. The van der Waals surface area contributed by atoms with Crippen LogP contribution in [0.25, 0.3) is 22.2 Å². The number of anilines is 2. The molecular formula is C32H25ClFN7O3. The minimum Gasteiger partial charge on any atom is -0.423 e. The molecule has 0 saturated carbocycles. The van der Waals surface area contributed by atoms with Gasteiger partial charge in [0.05, 0.1) is 5.57 Å². The van der Waals surface area contributed by atoms with Gasteiger partial charge in [-0.25, -0.2) is 14.4 Å². The normalized spacial score (nSPS) is 14.7. The van der Waals surface area contributed by atoms with Crippen LogP contribution in [0.15, 0.2) is 93.7 Å². The molecule has 1 unspecified atom stereocenters. The van der Waals surface area contributed by atoms with Crippen molar-refractivity contribution in [2.24, 2.45) is 4.99 Å². The lowest BCUT2D eigenvalue weighted by Crippen LogP contribution is -2.37. The van der Waals surface area contributed by atoms with Gasteiger partial charge in [-0.2, -0.15) is 4.98 Å². The number of hydrogen-bond donors (Lipinski definition) is 3. The highest BCUT2D eigenvalue weighted by atomic mass is 35.5. The number of amides is 1. The molecular weight excluding hydrogens is 585 g/mol. The Morgan fingerprint density at radius 1 is 1.00 bits per heavy atom. The van der Waals surface area contributed by atoms with Crippen molar-refractivity contribution >= 4 is 52.2 Å². The van der Waals surface area contributed by atoms with E-state index < -0.39 is 17.8 Å². The van der Waals surface area contributed by atoms with Crippen LogP contribution >= 0.6 is 11.6 Å². The maximum absolute atomic E-state index is 13.7. The van der Waals surface area contributed by atoms with Gasteiger partial charge in [0.15, 0.2) is 11.4 Å². The summed E-state index contributed by atoms with van der Waals surface area (Å²) in [6.45, 7) is 5.07. The number of aliphatic imine (C=N–C) groups is 1. The van der Waals surface area contributed by atoms with Crippen molar-refractivity contribution in [3.63, 3.8) is 0 Å².